The van der Waals surface area contributed by atoms with E-state index in [1.54, 1.807) is 53.3 Å². The molecule has 6 nitrogen and oxygen atoms in total. The van der Waals surface area contributed by atoms with Crippen molar-refractivity contribution in [1.29, 1.82) is 0 Å². The van der Waals surface area contributed by atoms with Crippen molar-refractivity contribution in [3.05, 3.63) is 47.2 Å². The minimum absolute atomic E-state index is 0.131. The number of hydrogen-bond donors (Lipinski definition) is 1. The zero-order valence-corrected chi connectivity index (χ0v) is 12.7. The Hall–Kier alpha value is -2.34. The number of anilines is 1. The zero-order valence-electron chi connectivity index (χ0n) is 12.0. The average Bonchev–Trinajstić information content (AvgIpc) is 3.06. The average molecular weight is 319 g/mol. The van der Waals surface area contributed by atoms with Gasteiger partial charge in [0.1, 0.15) is 6.04 Å². The SMILES string of the molecule is Cn1cc(N2CCC(NC(=O)c3ccccc3Cl)C2=O)cn1. The van der Waals surface area contributed by atoms with E-state index >= 15 is 0 Å². The molecule has 2 heterocycles. The number of amides is 2. The van der Waals surface area contributed by atoms with Gasteiger partial charge in [0.2, 0.25) is 5.91 Å². The molecule has 3 rings (SSSR count). The van der Waals surface area contributed by atoms with Crippen molar-refractivity contribution in [1.82, 2.24) is 15.1 Å². The quantitative estimate of drug-likeness (QED) is 0.935. The van der Waals surface area contributed by atoms with Gasteiger partial charge in [-0.2, -0.15) is 5.10 Å². The smallest absolute Gasteiger partial charge is 0.253 e. The van der Waals surface area contributed by atoms with Crippen LogP contribution in [0.15, 0.2) is 36.7 Å². The molecule has 0 saturated carbocycles. The van der Waals surface area contributed by atoms with Gasteiger partial charge >= 0.3 is 0 Å². The second kappa shape index (κ2) is 5.81. The maximum Gasteiger partial charge on any atom is 0.253 e. The molecule has 1 aromatic heterocycles. The zero-order chi connectivity index (χ0) is 15.7. The first-order valence-corrected chi connectivity index (χ1v) is 7.29. The molecule has 1 aliphatic heterocycles. The third kappa shape index (κ3) is 2.69. The molecule has 1 aromatic carbocycles. The van der Waals surface area contributed by atoms with Crippen LogP contribution in [-0.4, -0.2) is 34.2 Å². The lowest BCUT2D eigenvalue weighted by Gasteiger charge is -2.15. The maximum absolute atomic E-state index is 12.4. The van der Waals surface area contributed by atoms with Crippen molar-refractivity contribution in [2.24, 2.45) is 7.05 Å². The second-order valence-corrected chi connectivity index (χ2v) is 5.56. The molecule has 22 heavy (non-hydrogen) atoms. The van der Waals surface area contributed by atoms with E-state index in [2.05, 4.69) is 10.4 Å². The molecule has 2 amide bonds. The van der Waals surface area contributed by atoms with Crippen LogP contribution in [0.5, 0.6) is 0 Å². The highest BCUT2D eigenvalue weighted by molar-refractivity contribution is 6.33. The molecule has 114 valence electrons. The van der Waals surface area contributed by atoms with Crippen molar-refractivity contribution in [3.63, 3.8) is 0 Å². The number of nitrogens with one attached hydrogen (secondary N) is 1. The molecule has 1 fully saturated rings. The van der Waals surface area contributed by atoms with Crippen molar-refractivity contribution in [2.75, 3.05) is 11.4 Å². The molecular formula is C15H15ClN4O2. The Morgan fingerprint density at radius 2 is 2.18 bits per heavy atom. The Morgan fingerprint density at radius 3 is 2.86 bits per heavy atom. The van der Waals surface area contributed by atoms with Crippen LogP contribution in [0.3, 0.4) is 0 Å². The summed E-state index contributed by atoms with van der Waals surface area (Å²) in [5.74, 6) is -0.467. The summed E-state index contributed by atoms with van der Waals surface area (Å²) in [6, 6.07) is 6.23. The first-order valence-electron chi connectivity index (χ1n) is 6.91. The van der Waals surface area contributed by atoms with Crippen LogP contribution in [-0.2, 0) is 11.8 Å². The summed E-state index contributed by atoms with van der Waals surface area (Å²) in [6.45, 7) is 0.554. The molecule has 1 atom stereocenters. The topological polar surface area (TPSA) is 67.2 Å². The number of aromatic nitrogens is 2. The second-order valence-electron chi connectivity index (χ2n) is 5.16. The number of hydrogen-bond acceptors (Lipinski definition) is 3. The van der Waals surface area contributed by atoms with Gasteiger partial charge < -0.3 is 10.2 Å². The van der Waals surface area contributed by atoms with E-state index in [0.29, 0.717) is 23.6 Å². The first kappa shape index (κ1) is 14.6. The van der Waals surface area contributed by atoms with E-state index in [1.807, 2.05) is 0 Å². The molecule has 0 radical (unpaired) electrons. The largest absolute Gasteiger partial charge is 0.340 e. The molecule has 1 saturated heterocycles. The highest BCUT2D eigenvalue weighted by atomic mass is 35.5. The number of nitrogens with zero attached hydrogens (tertiary/aromatic N) is 3. The highest BCUT2D eigenvalue weighted by Crippen LogP contribution is 2.21. The molecule has 7 heteroatoms. The Kier molecular flexibility index (Phi) is 3.85. The summed E-state index contributed by atoms with van der Waals surface area (Å²) in [6.07, 6.45) is 3.97. The summed E-state index contributed by atoms with van der Waals surface area (Å²) in [7, 11) is 1.79. The number of aryl methyl sites for hydroxylation is 1. The standard InChI is InChI=1S/C15H15ClN4O2/c1-19-9-10(8-17-19)20-7-6-13(15(20)22)18-14(21)11-4-2-3-5-12(11)16/h2-5,8-9,13H,6-7H2,1H3,(H,18,21). The van der Waals surface area contributed by atoms with Crippen LogP contribution >= 0.6 is 11.6 Å². The number of carbonyl (C=O) groups is 2. The predicted octanol–water partition coefficient (Wildman–Crippen LogP) is 1.61. The first-order chi connectivity index (χ1) is 10.6. The molecule has 1 unspecified atom stereocenters. The Bertz CT molecular complexity index is 728. The van der Waals surface area contributed by atoms with Gasteiger partial charge in [0.05, 0.1) is 22.5 Å². The number of rotatable bonds is 3. The molecule has 0 bridgehead atoms. The van der Waals surface area contributed by atoms with Crippen LogP contribution in [0.1, 0.15) is 16.8 Å². The number of carbonyl (C=O) groups excluding carboxylic acids is 2. The Balaban J connectivity index is 1.71. The third-order valence-electron chi connectivity index (χ3n) is 3.63. The molecule has 2 aromatic rings. The molecule has 0 aliphatic carbocycles. The van der Waals surface area contributed by atoms with Crippen molar-refractivity contribution in [2.45, 2.75) is 12.5 Å². The number of benzene rings is 1. The summed E-state index contributed by atoms with van der Waals surface area (Å²) in [5.41, 5.74) is 1.11. The van der Waals surface area contributed by atoms with Gasteiger partial charge in [-0.3, -0.25) is 14.3 Å². The van der Waals surface area contributed by atoms with Gasteiger partial charge in [-0.25, -0.2) is 0 Å². The van der Waals surface area contributed by atoms with Crippen molar-refractivity contribution in [3.8, 4) is 0 Å². The lowest BCUT2D eigenvalue weighted by molar-refractivity contribution is -0.118. The fraction of sp³-hybridized carbons (Fsp3) is 0.267. The summed E-state index contributed by atoms with van der Waals surface area (Å²) >= 11 is 6.00. The van der Waals surface area contributed by atoms with E-state index in [0.717, 1.165) is 5.69 Å². The third-order valence-corrected chi connectivity index (χ3v) is 3.96. The van der Waals surface area contributed by atoms with Crippen LogP contribution in [0.25, 0.3) is 0 Å². The van der Waals surface area contributed by atoms with E-state index in [4.69, 9.17) is 11.6 Å². The summed E-state index contributed by atoms with van der Waals surface area (Å²) in [4.78, 5) is 26.3. The van der Waals surface area contributed by atoms with Gasteiger partial charge in [0.25, 0.3) is 5.91 Å². The highest BCUT2D eigenvalue weighted by Gasteiger charge is 2.34. The summed E-state index contributed by atoms with van der Waals surface area (Å²) in [5, 5.41) is 7.18. The van der Waals surface area contributed by atoms with Crippen LogP contribution in [0, 0.1) is 0 Å². The van der Waals surface area contributed by atoms with Crippen LogP contribution < -0.4 is 10.2 Å². The number of halogens is 1. The predicted molar refractivity (Wildman–Crippen MR) is 82.9 cm³/mol. The van der Waals surface area contributed by atoms with Gasteiger partial charge in [0, 0.05) is 19.8 Å². The van der Waals surface area contributed by atoms with E-state index in [9.17, 15) is 9.59 Å². The summed E-state index contributed by atoms with van der Waals surface area (Å²) < 4.78 is 1.64. The molecule has 1 aliphatic rings. The minimum atomic E-state index is -0.538. The lowest BCUT2D eigenvalue weighted by atomic mass is 10.2. The monoisotopic (exact) mass is 318 g/mol. The Labute approximate surface area is 132 Å². The van der Waals surface area contributed by atoms with Gasteiger partial charge in [-0.15, -0.1) is 0 Å². The van der Waals surface area contributed by atoms with Gasteiger partial charge in [0.15, 0.2) is 0 Å². The van der Waals surface area contributed by atoms with Crippen LogP contribution in [0.2, 0.25) is 5.02 Å². The molecule has 0 spiro atoms. The van der Waals surface area contributed by atoms with Gasteiger partial charge in [-0.1, -0.05) is 23.7 Å². The van der Waals surface area contributed by atoms with E-state index in [-0.39, 0.29) is 11.8 Å². The molecule has 1 N–H and O–H groups in total. The fourth-order valence-electron chi connectivity index (χ4n) is 2.50. The van der Waals surface area contributed by atoms with E-state index < -0.39 is 6.04 Å². The fourth-order valence-corrected chi connectivity index (χ4v) is 2.72. The Morgan fingerprint density at radius 1 is 1.41 bits per heavy atom. The maximum atomic E-state index is 12.4. The van der Waals surface area contributed by atoms with E-state index in [1.165, 1.54) is 0 Å². The van der Waals surface area contributed by atoms with Gasteiger partial charge in [-0.05, 0) is 18.6 Å². The minimum Gasteiger partial charge on any atom is -0.340 e. The molecular weight excluding hydrogens is 304 g/mol. The van der Waals surface area contributed by atoms with Crippen molar-refractivity contribution < 1.29 is 9.59 Å². The lowest BCUT2D eigenvalue weighted by Crippen LogP contribution is -2.41. The van der Waals surface area contributed by atoms with Crippen molar-refractivity contribution >= 4 is 29.1 Å². The van der Waals surface area contributed by atoms with Crippen LogP contribution in [0.4, 0.5) is 5.69 Å². The normalized spacial score (nSPS) is 17.8.